The van der Waals surface area contributed by atoms with Crippen molar-refractivity contribution in [1.82, 2.24) is 10.6 Å². The van der Waals surface area contributed by atoms with Gasteiger partial charge in [0.05, 0.1) is 13.2 Å². The minimum Gasteiger partial charge on any atom is -0.379 e. The topological polar surface area (TPSA) is 99.6 Å². The maximum absolute atomic E-state index is 11.1. The fraction of sp³-hybridized carbons (Fsp3) is 0.600. The van der Waals surface area contributed by atoms with Crippen LogP contribution in [0, 0.1) is 0 Å². The molecule has 0 radical (unpaired) electrons. The summed E-state index contributed by atoms with van der Waals surface area (Å²) in [6.07, 6.45) is 0.986. The predicted molar refractivity (Wildman–Crippen MR) is 58.9 cm³/mol. The summed E-state index contributed by atoms with van der Waals surface area (Å²) in [6, 6.07) is 1.48. The second-order valence-electron chi connectivity index (χ2n) is 3.32. The van der Waals surface area contributed by atoms with E-state index in [1.807, 2.05) is 12.3 Å². The molecular weight excluding hydrogens is 226 g/mol. The zero-order valence-corrected chi connectivity index (χ0v) is 9.77. The Hall–Kier alpha value is -1.44. The van der Waals surface area contributed by atoms with Crippen molar-refractivity contribution in [3.05, 3.63) is 17.5 Å². The van der Waals surface area contributed by atoms with E-state index in [1.54, 1.807) is 0 Å². The van der Waals surface area contributed by atoms with Crippen molar-refractivity contribution in [2.45, 2.75) is 20.0 Å². The van der Waals surface area contributed by atoms with Gasteiger partial charge < -0.3 is 14.0 Å². The van der Waals surface area contributed by atoms with Crippen molar-refractivity contribution >= 4 is 5.91 Å². The number of hydrogen-bond acceptors (Lipinski definition) is 6. The van der Waals surface area contributed by atoms with E-state index in [4.69, 9.17) is 19.8 Å². The lowest BCUT2D eigenvalue weighted by Gasteiger charge is -2.02. The number of nitrogen functional groups attached to an aromatic ring is 1. The Morgan fingerprint density at radius 2 is 2.24 bits per heavy atom. The fourth-order valence-corrected chi connectivity index (χ4v) is 1.10. The van der Waals surface area contributed by atoms with Crippen molar-refractivity contribution in [1.29, 1.82) is 0 Å². The molecule has 0 saturated carbocycles. The molecule has 1 heterocycles. The molecule has 1 aromatic rings. The highest BCUT2D eigenvalue weighted by molar-refractivity contribution is 5.91. The van der Waals surface area contributed by atoms with Gasteiger partial charge >= 0.3 is 0 Å². The molecule has 7 nitrogen and oxygen atoms in total. The van der Waals surface area contributed by atoms with E-state index in [2.05, 4.69) is 5.16 Å². The van der Waals surface area contributed by atoms with Gasteiger partial charge in [0.1, 0.15) is 6.61 Å². The van der Waals surface area contributed by atoms with Gasteiger partial charge in [0, 0.05) is 12.7 Å². The second-order valence-corrected chi connectivity index (χ2v) is 3.32. The molecular formula is C10H17N3O4. The Morgan fingerprint density at radius 1 is 1.47 bits per heavy atom. The van der Waals surface area contributed by atoms with Crippen LogP contribution in [-0.2, 0) is 16.1 Å². The molecule has 0 aliphatic heterocycles. The molecule has 0 unspecified atom stereocenters. The molecule has 0 spiro atoms. The molecule has 1 aromatic heterocycles. The van der Waals surface area contributed by atoms with E-state index in [-0.39, 0.29) is 12.3 Å². The van der Waals surface area contributed by atoms with E-state index in [0.717, 1.165) is 13.0 Å². The Morgan fingerprint density at radius 3 is 2.94 bits per heavy atom. The summed E-state index contributed by atoms with van der Waals surface area (Å²) in [7, 11) is 0. The van der Waals surface area contributed by atoms with Crippen molar-refractivity contribution in [2.75, 3.05) is 19.8 Å². The number of carbonyl (C=O) groups is 1. The van der Waals surface area contributed by atoms with E-state index in [1.165, 1.54) is 6.07 Å². The smallest absolute Gasteiger partial charge is 0.287 e. The summed E-state index contributed by atoms with van der Waals surface area (Å²) in [4.78, 5) is 11.1. The van der Waals surface area contributed by atoms with Crippen LogP contribution in [0.4, 0.5) is 0 Å². The molecule has 1 amide bonds. The summed E-state index contributed by atoms with van der Waals surface area (Å²) in [5.74, 6) is 4.93. The largest absolute Gasteiger partial charge is 0.379 e. The number of hydrogen-bond donors (Lipinski definition) is 2. The molecule has 0 saturated heterocycles. The Balaban J connectivity index is 2.19. The number of hydrazine groups is 1. The third-order valence-corrected chi connectivity index (χ3v) is 1.89. The van der Waals surface area contributed by atoms with Gasteiger partial charge in [-0.2, -0.15) is 0 Å². The van der Waals surface area contributed by atoms with Crippen molar-refractivity contribution in [2.24, 2.45) is 5.84 Å². The van der Waals surface area contributed by atoms with Crippen LogP contribution in [0.1, 0.15) is 29.6 Å². The van der Waals surface area contributed by atoms with Gasteiger partial charge in [-0.1, -0.05) is 12.1 Å². The number of aromatic nitrogens is 1. The van der Waals surface area contributed by atoms with Gasteiger partial charge in [-0.05, 0) is 6.42 Å². The van der Waals surface area contributed by atoms with Gasteiger partial charge in [-0.25, -0.2) is 5.84 Å². The van der Waals surface area contributed by atoms with Crippen LogP contribution in [0.5, 0.6) is 0 Å². The number of nitrogens with two attached hydrogens (primary N) is 1. The zero-order valence-electron chi connectivity index (χ0n) is 9.77. The number of carbonyl (C=O) groups excluding carboxylic acids is 1. The Kier molecular flexibility index (Phi) is 6.23. The van der Waals surface area contributed by atoms with Gasteiger partial charge in [0.2, 0.25) is 0 Å². The number of ether oxygens (including phenoxy) is 2. The molecule has 0 aliphatic rings. The second kappa shape index (κ2) is 7.77. The quantitative estimate of drug-likeness (QED) is 0.293. The number of amides is 1. The highest BCUT2D eigenvalue weighted by Crippen LogP contribution is 2.04. The lowest BCUT2D eigenvalue weighted by molar-refractivity contribution is 0.0333. The number of nitrogens with zero attached hydrogens (tertiary/aromatic N) is 1. The SMILES string of the molecule is CCCOCCOCc1cc(C(=O)NN)no1. The molecule has 1 rings (SSSR count). The van der Waals surface area contributed by atoms with Crippen LogP contribution in [0.3, 0.4) is 0 Å². The minimum atomic E-state index is -0.494. The molecule has 7 heteroatoms. The standard InChI is InChI=1S/C10H17N3O4/c1-2-3-15-4-5-16-7-8-6-9(13-17-8)10(14)12-11/h6H,2-5,7,11H2,1H3,(H,12,14). The maximum atomic E-state index is 11.1. The Labute approximate surface area is 99.2 Å². The summed E-state index contributed by atoms with van der Waals surface area (Å²) in [5, 5.41) is 3.54. The lowest BCUT2D eigenvalue weighted by Crippen LogP contribution is -2.30. The highest BCUT2D eigenvalue weighted by Gasteiger charge is 2.10. The third kappa shape index (κ3) is 4.94. The fourth-order valence-electron chi connectivity index (χ4n) is 1.10. The van der Waals surface area contributed by atoms with Gasteiger partial charge in [-0.15, -0.1) is 0 Å². The van der Waals surface area contributed by atoms with Crippen LogP contribution in [-0.4, -0.2) is 30.9 Å². The first kappa shape index (κ1) is 13.6. The van der Waals surface area contributed by atoms with Gasteiger partial charge in [0.15, 0.2) is 11.5 Å². The van der Waals surface area contributed by atoms with E-state index < -0.39 is 5.91 Å². The van der Waals surface area contributed by atoms with Crippen molar-refractivity contribution in [3.63, 3.8) is 0 Å². The number of rotatable bonds is 8. The average Bonchev–Trinajstić information content (AvgIpc) is 2.81. The van der Waals surface area contributed by atoms with Gasteiger partial charge in [0.25, 0.3) is 5.91 Å². The highest BCUT2D eigenvalue weighted by atomic mass is 16.5. The molecule has 0 bridgehead atoms. The molecule has 0 atom stereocenters. The molecule has 0 aromatic carbocycles. The van der Waals surface area contributed by atoms with E-state index >= 15 is 0 Å². The first-order valence-electron chi connectivity index (χ1n) is 5.40. The summed E-state index contributed by atoms with van der Waals surface area (Å²) < 4.78 is 15.4. The molecule has 17 heavy (non-hydrogen) atoms. The van der Waals surface area contributed by atoms with Crippen LogP contribution in [0.15, 0.2) is 10.6 Å². The zero-order chi connectivity index (χ0) is 12.5. The first-order chi connectivity index (χ1) is 8.27. The molecule has 0 fully saturated rings. The first-order valence-corrected chi connectivity index (χ1v) is 5.40. The Bertz CT molecular complexity index is 340. The minimum absolute atomic E-state index is 0.133. The van der Waals surface area contributed by atoms with Crippen LogP contribution >= 0.6 is 0 Å². The lowest BCUT2D eigenvalue weighted by atomic mass is 10.3. The van der Waals surface area contributed by atoms with Crippen molar-refractivity contribution < 1.29 is 18.8 Å². The van der Waals surface area contributed by atoms with Crippen molar-refractivity contribution in [3.8, 4) is 0 Å². The third-order valence-electron chi connectivity index (χ3n) is 1.89. The molecule has 3 N–H and O–H groups in total. The van der Waals surface area contributed by atoms with Crippen LogP contribution < -0.4 is 11.3 Å². The van der Waals surface area contributed by atoms with Gasteiger partial charge in [-0.3, -0.25) is 10.2 Å². The van der Waals surface area contributed by atoms with Crippen LogP contribution in [0.2, 0.25) is 0 Å². The normalized spacial score (nSPS) is 10.5. The van der Waals surface area contributed by atoms with Crippen LogP contribution in [0.25, 0.3) is 0 Å². The summed E-state index contributed by atoms with van der Waals surface area (Å²) in [5.41, 5.74) is 2.10. The molecule has 96 valence electrons. The van der Waals surface area contributed by atoms with E-state index in [9.17, 15) is 4.79 Å². The monoisotopic (exact) mass is 243 g/mol. The molecule has 0 aliphatic carbocycles. The maximum Gasteiger partial charge on any atom is 0.287 e. The average molecular weight is 243 g/mol. The number of nitrogens with one attached hydrogen (secondary N) is 1. The summed E-state index contributed by atoms with van der Waals surface area (Å²) >= 11 is 0. The van der Waals surface area contributed by atoms with E-state index in [0.29, 0.717) is 19.0 Å². The predicted octanol–water partition coefficient (Wildman–Crippen LogP) is 0.221. The summed E-state index contributed by atoms with van der Waals surface area (Å²) in [6.45, 7) is 4.03.